The lowest BCUT2D eigenvalue weighted by Crippen LogP contribution is -2.33. The van der Waals surface area contributed by atoms with Gasteiger partial charge in [0.15, 0.2) is 5.16 Å². The summed E-state index contributed by atoms with van der Waals surface area (Å²) >= 11 is 1.33. The second kappa shape index (κ2) is 8.76. The number of carbonyl (C=O) groups is 1. The molecule has 0 saturated carbocycles. The number of carbonyl (C=O) groups excluding carboxylic acids is 1. The van der Waals surface area contributed by atoms with Gasteiger partial charge in [-0.25, -0.2) is 0 Å². The molecular weight excluding hydrogens is 310 g/mol. The van der Waals surface area contributed by atoms with E-state index in [2.05, 4.69) is 22.8 Å². The fourth-order valence-corrected chi connectivity index (χ4v) is 2.79. The van der Waals surface area contributed by atoms with Crippen molar-refractivity contribution in [3.05, 3.63) is 49.3 Å². The number of amides is 1. The molecule has 0 N–H and O–H groups in total. The monoisotopic (exact) mass is 327 g/mol. The summed E-state index contributed by atoms with van der Waals surface area (Å²) in [6.45, 7) is 4.65. The van der Waals surface area contributed by atoms with Crippen LogP contribution in [0.5, 0.6) is 0 Å². The molecule has 0 saturated heterocycles. The number of anilines is 1. The Kier molecular flexibility index (Phi) is 6.39. The summed E-state index contributed by atoms with van der Waals surface area (Å²) in [5.74, 6) is 0.167. The molecule has 1 aromatic carbocycles. The van der Waals surface area contributed by atoms with Crippen molar-refractivity contribution in [2.45, 2.75) is 18.1 Å². The molecule has 1 heterocycles. The van der Waals surface area contributed by atoms with E-state index in [0.717, 1.165) is 5.69 Å². The molecule has 0 atom stereocenters. The zero-order valence-electron chi connectivity index (χ0n) is 12.6. The standard InChI is InChI=1S/C16H17N5OS/c1-2-10-20-13-18-19-16(20)23-12-15(22)21(11-6-9-17)14-7-4-3-5-8-14/h2-5,7-8,13H,1,6,10-12H2. The molecule has 2 rings (SSSR count). The minimum Gasteiger partial charge on any atom is -0.311 e. The Bertz CT molecular complexity index is 692. The number of nitriles is 1. The third-order valence-electron chi connectivity index (χ3n) is 3.05. The molecule has 6 nitrogen and oxygen atoms in total. The summed E-state index contributed by atoms with van der Waals surface area (Å²) in [4.78, 5) is 14.2. The van der Waals surface area contributed by atoms with Gasteiger partial charge in [-0.15, -0.1) is 16.8 Å². The topological polar surface area (TPSA) is 74.8 Å². The predicted molar refractivity (Wildman–Crippen MR) is 90.0 cm³/mol. The molecule has 0 aliphatic rings. The van der Waals surface area contributed by atoms with Crippen molar-refractivity contribution in [3.63, 3.8) is 0 Å². The van der Waals surface area contributed by atoms with Gasteiger partial charge < -0.3 is 9.47 Å². The van der Waals surface area contributed by atoms with Gasteiger partial charge in [-0.05, 0) is 12.1 Å². The van der Waals surface area contributed by atoms with Crippen molar-refractivity contribution in [2.24, 2.45) is 0 Å². The van der Waals surface area contributed by atoms with Gasteiger partial charge in [0.25, 0.3) is 0 Å². The van der Waals surface area contributed by atoms with Crippen LogP contribution in [-0.2, 0) is 11.3 Å². The average molecular weight is 327 g/mol. The van der Waals surface area contributed by atoms with Crippen LogP contribution < -0.4 is 4.90 Å². The first-order valence-corrected chi connectivity index (χ1v) is 8.08. The fourth-order valence-electron chi connectivity index (χ4n) is 1.99. The number of benzene rings is 1. The number of thioether (sulfide) groups is 1. The number of nitrogens with zero attached hydrogens (tertiary/aromatic N) is 5. The van der Waals surface area contributed by atoms with Crippen molar-refractivity contribution in [1.29, 1.82) is 5.26 Å². The van der Waals surface area contributed by atoms with Crippen molar-refractivity contribution in [1.82, 2.24) is 14.8 Å². The minimum absolute atomic E-state index is 0.0652. The summed E-state index contributed by atoms with van der Waals surface area (Å²) in [7, 11) is 0. The highest BCUT2D eigenvalue weighted by atomic mass is 32.2. The third-order valence-corrected chi connectivity index (χ3v) is 4.01. The van der Waals surface area contributed by atoms with Gasteiger partial charge in [-0.3, -0.25) is 4.79 Å². The molecule has 23 heavy (non-hydrogen) atoms. The fraction of sp³-hybridized carbons (Fsp3) is 0.250. The molecule has 2 aromatic rings. The molecule has 0 spiro atoms. The number of hydrogen-bond donors (Lipinski definition) is 0. The molecule has 0 fully saturated rings. The number of para-hydroxylation sites is 1. The molecule has 7 heteroatoms. The van der Waals surface area contributed by atoms with Crippen LogP contribution in [0.25, 0.3) is 0 Å². The van der Waals surface area contributed by atoms with E-state index in [0.29, 0.717) is 18.2 Å². The van der Waals surface area contributed by atoms with Gasteiger partial charge >= 0.3 is 0 Å². The van der Waals surface area contributed by atoms with Gasteiger partial charge in [-0.1, -0.05) is 36.0 Å². The summed E-state index contributed by atoms with van der Waals surface area (Å²) < 4.78 is 1.83. The van der Waals surface area contributed by atoms with Gasteiger partial charge in [0.05, 0.1) is 18.2 Å². The number of rotatable bonds is 8. The third kappa shape index (κ3) is 4.69. The van der Waals surface area contributed by atoms with E-state index >= 15 is 0 Å². The van der Waals surface area contributed by atoms with E-state index in [1.165, 1.54) is 11.8 Å². The predicted octanol–water partition coefficient (Wildman–Crippen LogP) is 2.50. The number of allylic oxidation sites excluding steroid dienone is 1. The van der Waals surface area contributed by atoms with Crippen LogP contribution in [0.2, 0.25) is 0 Å². The summed E-state index contributed by atoms with van der Waals surface area (Å²) in [6.07, 6.45) is 3.65. The second-order valence-corrected chi connectivity index (χ2v) is 5.57. The highest BCUT2D eigenvalue weighted by Crippen LogP contribution is 2.19. The maximum Gasteiger partial charge on any atom is 0.237 e. The molecular formula is C16H17N5OS. The lowest BCUT2D eigenvalue weighted by molar-refractivity contribution is -0.116. The highest BCUT2D eigenvalue weighted by Gasteiger charge is 2.17. The molecule has 0 bridgehead atoms. The lowest BCUT2D eigenvalue weighted by atomic mass is 10.2. The number of hydrogen-bond acceptors (Lipinski definition) is 5. The van der Waals surface area contributed by atoms with E-state index in [1.54, 1.807) is 17.3 Å². The Hall–Kier alpha value is -2.59. The van der Waals surface area contributed by atoms with Crippen molar-refractivity contribution >= 4 is 23.4 Å². The van der Waals surface area contributed by atoms with Crippen molar-refractivity contribution in [2.75, 3.05) is 17.2 Å². The maximum absolute atomic E-state index is 12.5. The molecule has 0 unspecified atom stereocenters. The van der Waals surface area contributed by atoms with E-state index in [4.69, 9.17) is 5.26 Å². The van der Waals surface area contributed by atoms with Crippen LogP contribution in [0.1, 0.15) is 6.42 Å². The van der Waals surface area contributed by atoms with E-state index in [9.17, 15) is 4.79 Å². The zero-order valence-corrected chi connectivity index (χ0v) is 13.4. The van der Waals surface area contributed by atoms with Gasteiger partial charge in [-0.2, -0.15) is 5.26 Å². The first kappa shape index (κ1) is 16.8. The van der Waals surface area contributed by atoms with E-state index in [-0.39, 0.29) is 18.1 Å². The molecule has 0 aliphatic carbocycles. The summed E-state index contributed by atoms with van der Waals surface area (Å²) in [6, 6.07) is 11.4. The Balaban J connectivity index is 2.04. The van der Waals surface area contributed by atoms with E-state index in [1.807, 2.05) is 34.9 Å². The summed E-state index contributed by atoms with van der Waals surface area (Å²) in [5.41, 5.74) is 0.793. The van der Waals surface area contributed by atoms with Crippen molar-refractivity contribution < 1.29 is 4.79 Å². The van der Waals surface area contributed by atoms with E-state index < -0.39 is 0 Å². The smallest absolute Gasteiger partial charge is 0.237 e. The van der Waals surface area contributed by atoms with Crippen LogP contribution in [0.3, 0.4) is 0 Å². The number of aromatic nitrogens is 3. The largest absolute Gasteiger partial charge is 0.311 e. The lowest BCUT2D eigenvalue weighted by Gasteiger charge is -2.21. The zero-order chi connectivity index (χ0) is 16.5. The second-order valence-electron chi connectivity index (χ2n) is 4.63. The maximum atomic E-state index is 12.5. The quantitative estimate of drug-likeness (QED) is 0.550. The van der Waals surface area contributed by atoms with Gasteiger partial charge in [0, 0.05) is 18.8 Å². The first-order chi connectivity index (χ1) is 11.3. The van der Waals surface area contributed by atoms with Crippen LogP contribution in [-0.4, -0.2) is 33.0 Å². The molecule has 0 aliphatic heterocycles. The summed E-state index contributed by atoms with van der Waals surface area (Å²) in [5, 5.41) is 17.3. The molecule has 0 radical (unpaired) electrons. The Morgan fingerprint density at radius 3 is 2.91 bits per heavy atom. The SMILES string of the molecule is C=CCn1cnnc1SCC(=O)N(CCC#N)c1ccccc1. The molecule has 1 amide bonds. The Morgan fingerprint density at radius 1 is 1.43 bits per heavy atom. The van der Waals surface area contributed by atoms with Crippen LogP contribution >= 0.6 is 11.8 Å². The molecule has 1 aromatic heterocycles. The van der Waals surface area contributed by atoms with Crippen LogP contribution in [0, 0.1) is 11.3 Å². The van der Waals surface area contributed by atoms with Gasteiger partial charge in [0.2, 0.25) is 5.91 Å². The van der Waals surface area contributed by atoms with Gasteiger partial charge in [0.1, 0.15) is 6.33 Å². The Morgan fingerprint density at radius 2 is 2.22 bits per heavy atom. The Labute approximate surface area is 139 Å². The van der Waals surface area contributed by atoms with Crippen molar-refractivity contribution in [3.8, 4) is 6.07 Å². The van der Waals surface area contributed by atoms with Crippen LogP contribution in [0.15, 0.2) is 54.5 Å². The van der Waals surface area contributed by atoms with Crippen LogP contribution in [0.4, 0.5) is 5.69 Å². The minimum atomic E-state index is -0.0652. The normalized spacial score (nSPS) is 10.0. The highest BCUT2D eigenvalue weighted by molar-refractivity contribution is 7.99. The average Bonchev–Trinajstić information content (AvgIpc) is 3.02. The molecule has 118 valence electrons. The first-order valence-electron chi connectivity index (χ1n) is 7.10.